The standard InChI is InChI=1S/C10H19NO3/c1-4-14-9(12)7-10(11-2)5-8(6-10)13-3/h8,11H,4-7H2,1-3H3. The van der Waals surface area contributed by atoms with Gasteiger partial charge in [-0.2, -0.15) is 0 Å². The van der Waals surface area contributed by atoms with Crippen LogP contribution < -0.4 is 5.32 Å². The second-order valence-electron chi connectivity index (χ2n) is 3.78. The molecule has 1 aliphatic rings. The molecule has 0 bridgehead atoms. The maximum absolute atomic E-state index is 11.3. The Morgan fingerprint density at radius 3 is 2.64 bits per heavy atom. The first-order valence-electron chi connectivity index (χ1n) is 5.03. The van der Waals surface area contributed by atoms with Gasteiger partial charge in [-0.25, -0.2) is 0 Å². The van der Waals surface area contributed by atoms with Crippen LogP contribution in [0.4, 0.5) is 0 Å². The third-order valence-electron chi connectivity index (χ3n) is 2.89. The smallest absolute Gasteiger partial charge is 0.307 e. The van der Waals surface area contributed by atoms with E-state index in [1.54, 1.807) is 7.11 Å². The van der Waals surface area contributed by atoms with Crippen LogP contribution in [0.3, 0.4) is 0 Å². The normalized spacial score (nSPS) is 30.9. The molecule has 82 valence electrons. The number of carbonyl (C=O) groups excluding carboxylic acids is 1. The number of esters is 1. The summed E-state index contributed by atoms with van der Waals surface area (Å²) in [7, 11) is 3.58. The average Bonchev–Trinajstić information content (AvgIpc) is 2.11. The summed E-state index contributed by atoms with van der Waals surface area (Å²) in [5.74, 6) is -0.128. The Hall–Kier alpha value is -0.610. The second kappa shape index (κ2) is 4.75. The Labute approximate surface area is 85.0 Å². The molecule has 0 radical (unpaired) electrons. The van der Waals surface area contributed by atoms with Gasteiger partial charge >= 0.3 is 5.97 Å². The van der Waals surface area contributed by atoms with E-state index in [2.05, 4.69) is 5.32 Å². The van der Waals surface area contributed by atoms with E-state index in [0.717, 1.165) is 12.8 Å². The van der Waals surface area contributed by atoms with Crippen molar-refractivity contribution in [2.45, 2.75) is 37.8 Å². The summed E-state index contributed by atoms with van der Waals surface area (Å²) in [6.07, 6.45) is 2.51. The predicted molar refractivity (Wildman–Crippen MR) is 53.1 cm³/mol. The quantitative estimate of drug-likeness (QED) is 0.665. The molecule has 0 saturated heterocycles. The van der Waals surface area contributed by atoms with E-state index in [9.17, 15) is 4.79 Å². The number of methoxy groups -OCH3 is 1. The SMILES string of the molecule is CCOC(=O)CC1(NC)CC(OC)C1. The van der Waals surface area contributed by atoms with Gasteiger partial charge in [-0.3, -0.25) is 4.79 Å². The third-order valence-corrected chi connectivity index (χ3v) is 2.89. The first kappa shape index (κ1) is 11.5. The number of hydrogen-bond donors (Lipinski definition) is 1. The molecular weight excluding hydrogens is 182 g/mol. The fourth-order valence-electron chi connectivity index (χ4n) is 1.90. The molecule has 0 unspecified atom stereocenters. The second-order valence-corrected chi connectivity index (χ2v) is 3.78. The Morgan fingerprint density at radius 2 is 2.21 bits per heavy atom. The summed E-state index contributed by atoms with van der Waals surface area (Å²) < 4.78 is 10.1. The molecule has 1 fully saturated rings. The van der Waals surface area contributed by atoms with Gasteiger partial charge in [-0.05, 0) is 26.8 Å². The van der Waals surface area contributed by atoms with Gasteiger partial charge in [-0.1, -0.05) is 0 Å². The number of ether oxygens (including phenoxy) is 2. The molecule has 1 aliphatic carbocycles. The van der Waals surface area contributed by atoms with Crippen LogP contribution in [0.2, 0.25) is 0 Å². The van der Waals surface area contributed by atoms with Gasteiger partial charge in [0, 0.05) is 12.6 Å². The summed E-state index contributed by atoms with van der Waals surface area (Å²) in [5, 5.41) is 3.19. The monoisotopic (exact) mass is 201 g/mol. The van der Waals surface area contributed by atoms with Crippen molar-refractivity contribution in [2.24, 2.45) is 0 Å². The van der Waals surface area contributed by atoms with Gasteiger partial charge in [-0.15, -0.1) is 0 Å². The molecule has 4 heteroatoms. The van der Waals surface area contributed by atoms with Crippen LogP contribution in [-0.2, 0) is 14.3 Å². The van der Waals surface area contributed by atoms with Crippen LogP contribution in [-0.4, -0.2) is 38.4 Å². The van der Waals surface area contributed by atoms with Crippen molar-refractivity contribution in [1.82, 2.24) is 5.32 Å². The topological polar surface area (TPSA) is 47.6 Å². The minimum atomic E-state index is -0.128. The predicted octanol–water partition coefficient (Wildman–Crippen LogP) is 0.707. The minimum absolute atomic E-state index is 0.0903. The zero-order chi connectivity index (χ0) is 10.6. The van der Waals surface area contributed by atoms with Gasteiger partial charge in [0.15, 0.2) is 0 Å². The van der Waals surface area contributed by atoms with Crippen LogP contribution in [0.15, 0.2) is 0 Å². The maximum Gasteiger partial charge on any atom is 0.307 e. The lowest BCUT2D eigenvalue weighted by Gasteiger charge is -2.46. The van der Waals surface area contributed by atoms with E-state index in [-0.39, 0.29) is 17.6 Å². The lowest BCUT2D eigenvalue weighted by atomic mass is 9.72. The Morgan fingerprint density at radius 1 is 1.57 bits per heavy atom. The van der Waals surface area contributed by atoms with Crippen molar-refractivity contribution >= 4 is 5.97 Å². The van der Waals surface area contributed by atoms with Gasteiger partial charge in [0.1, 0.15) is 0 Å². The van der Waals surface area contributed by atoms with Gasteiger partial charge in [0.25, 0.3) is 0 Å². The molecule has 1 rings (SSSR count). The number of rotatable bonds is 5. The lowest BCUT2D eigenvalue weighted by molar-refractivity contribution is -0.148. The van der Waals surface area contributed by atoms with E-state index in [4.69, 9.17) is 9.47 Å². The first-order valence-corrected chi connectivity index (χ1v) is 5.03. The molecule has 0 atom stereocenters. The maximum atomic E-state index is 11.3. The molecule has 0 amide bonds. The molecule has 1 N–H and O–H groups in total. The lowest BCUT2D eigenvalue weighted by Crippen LogP contribution is -2.58. The highest BCUT2D eigenvalue weighted by atomic mass is 16.5. The van der Waals surface area contributed by atoms with E-state index in [1.165, 1.54) is 0 Å². The van der Waals surface area contributed by atoms with E-state index >= 15 is 0 Å². The highest BCUT2D eigenvalue weighted by Crippen LogP contribution is 2.36. The molecular formula is C10H19NO3. The van der Waals surface area contributed by atoms with Gasteiger partial charge in [0.05, 0.1) is 19.1 Å². The van der Waals surface area contributed by atoms with Crippen molar-refractivity contribution in [3.63, 3.8) is 0 Å². The number of carbonyl (C=O) groups is 1. The van der Waals surface area contributed by atoms with Gasteiger partial charge in [0.2, 0.25) is 0 Å². The van der Waals surface area contributed by atoms with Crippen LogP contribution in [0, 0.1) is 0 Å². The summed E-state index contributed by atoms with van der Waals surface area (Å²) in [6, 6.07) is 0. The van der Waals surface area contributed by atoms with Gasteiger partial charge < -0.3 is 14.8 Å². The van der Waals surface area contributed by atoms with Crippen LogP contribution in [0.25, 0.3) is 0 Å². The molecule has 0 aliphatic heterocycles. The fourth-order valence-corrected chi connectivity index (χ4v) is 1.90. The first-order chi connectivity index (χ1) is 6.65. The van der Waals surface area contributed by atoms with E-state index in [1.807, 2.05) is 14.0 Å². The summed E-state index contributed by atoms with van der Waals surface area (Å²) in [5.41, 5.74) is -0.0903. The van der Waals surface area contributed by atoms with Crippen molar-refractivity contribution < 1.29 is 14.3 Å². The third kappa shape index (κ3) is 2.45. The van der Waals surface area contributed by atoms with Crippen molar-refractivity contribution in [3.8, 4) is 0 Å². The zero-order valence-corrected chi connectivity index (χ0v) is 9.13. The highest BCUT2D eigenvalue weighted by Gasteiger charge is 2.45. The molecule has 4 nitrogen and oxygen atoms in total. The Kier molecular flexibility index (Phi) is 3.89. The molecule has 0 aromatic carbocycles. The highest BCUT2D eigenvalue weighted by molar-refractivity contribution is 5.71. The largest absolute Gasteiger partial charge is 0.466 e. The van der Waals surface area contributed by atoms with Crippen LogP contribution >= 0.6 is 0 Å². The molecule has 0 aromatic heterocycles. The van der Waals surface area contributed by atoms with Crippen molar-refractivity contribution in [2.75, 3.05) is 20.8 Å². The minimum Gasteiger partial charge on any atom is -0.466 e. The summed E-state index contributed by atoms with van der Waals surface area (Å²) in [6.45, 7) is 2.27. The summed E-state index contributed by atoms with van der Waals surface area (Å²) in [4.78, 5) is 11.3. The van der Waals surface area contributed by atoms with Crippen molar-refractivity contribution in [3.05, 3.63) is 0 Å². The van der Waals surface area contributed by atoms with E-state index in [0.29, 0.717) is 13.0 Å². The average molecular weight is 201 g/mol. The van der Waals surface area contributed by atoms with Crippen LogP contribution in [0.1, 0.15) is 26.2 Å². The summed E-state index contributed by atoms with van der Waals surface area (Å²) >= 11 is 0. The fraction of sp³-hybridized carbons (Fsp3) is 0.900. The molecule has 1 saturated carbocycles. The van der Waals surface area contributed by atoms with E-state index < -0.39 is 0 Å². The Bertz CT molecular complexity index is 200. The number of hydrogen-bond acceptors (Lipinski definition) is 4. The molecule has 14 heavy (non-hydrogen) atoms. The molecule has 0 aromatic rings. The number of nitrogens with one attached hydrogen (secondary N) is 1. The Balaban J connectivity index is 2.37. The zero-order valence-electron chi connectivity index (χ0n) is 9.13. The van der Waals surface area contributed by atoms with Crippen molar-refractivity contribution in [1.29, 1.82) is 0 Å². The van der Waals surface area contributed by atoms with Crippen LogP contribution in [0.5, 0.6) is 0 Å². The molecule has 0 spiro atoms. The molecule has 0 heterocycles.